The van der Waals surface area contributed by atoms with E-state index in [9.17, 15) is 17.6 Å². The van der Waals surface area contributed by atoms with E-state index < -0.39 is 29.0 Å². The number of nitriles is 1. The maximum atomic E-state index is 14.2. The number of rotatable bonds is 1. The fraction of sp³-hybridized carbons (Fsp3) is 0.143. The van der Waals surface area contributed by atoms with Crippen LogP contribution in [0.4, 0.5) is 23.2 Å². The summed E-state index contributed by atoms with van der Waals surface area (Å²) in [4.78, 5) is 3.89. The Morgan fingerprint density at radius 3 is 2.64 bits per heavy atom. The maximum absolute atomic E-state index is 14.2. The van der Waals surface area contributed by atoms with Crippen LogP contribution >= 0.6 is 0 Å². The van der Waals surface area contributed by atoms with Crippen LogP contribution in [0.1, 0.15) is 0 Å². The van der Waals surface area contributed by atoms with E-state index >= 15 is 0 Å². The van der Waals surface area contributed by atoms with Gasteiger partial charge in [-0.15, -0.1) is 13.2 Å². The zero-order valence-electron chi connectivity index (χ0n) is 11.0. The molecule has 0 saturated heterocycles. The smallest absolute Gasteiger partial charge is 0.218 e. The third-order valence-electron chi connectivity index (χ3n) is 3.54. The van der Waals surface area contributed by atoms with Crippen molar-refractivity contribution in [1.82, 2.24) is 9.38 Å². The maximum Gasteiger partial charge on any atom is 0.490 e. The highest BCUT2D eigenvalue weighted by atomic mass is 19.4. The van der Waals surface area contributed by atoms with Crippen molar-refractivity contribution in [3.63, 3.8) is 0 Å². The Morgan fingerprint density at radius 2 is 2.00 bits per heavy atom. The van der Waals surface area contributed by atoms with Crippen LogP contribution in [0.15, 0.2) is 53.1 Å². The summed E-state index contributed by atoms with van der Waals surface area (Å²) in [6, 6.07) is 7.05. The van der Waals surface area contributed by atoms with Gasteiger partial charge in [0, 0.05) is 18.4 Å². The predicted octanol–water partition coefficient (Wildman–Crippen LogP) is 3.22. The summed E-state index contributed by atoms with van der Waals surface area (Å²) in [7, 11) is 0. The van der Waals surface area contributed by atoms with Gasteiger partial charge in [0.15, 0.2) is 18.2 Å². The van der Waals surface area contributed by atoms with Crippen LogP contribution < -0.4 is 4.48 Å². The molecule has 0 aromatic heterocycles. The van der Waals surface area contributed by atoms with Crippen molar-refractivity contribution < 1.29 is 17.6 Å². The molecule has 0 radical (unpaired) electrons. The van der Waals surface area contributed by atoms with E-state index in [-0.39, 0.29) is 16.4 Å². The molecule has 0 spiro atoms. The van der Waals surface area contributed by atoms with E-state index in [1.54, 1.807) is 0 Å². The van der Waals surface area contributed by atoms with Gasteiger partial charge in [-0.25, -0.2) is 14.3 Å². The molecule has 3 rings (SSSR count). The van der Waals surface area contributed by atoms with Gasteiger partial charge < -0.3 is 0 Å². The summed E-state index contributed by atoms with van der Waals surface area (Å²) < 4.78 is 53.1. The molecule has 0 bridgehead atoms. The first kappa shape index (κ1) is 14.3. The molecule has 2 aliphatic heterocycles. The number of benzene rings is 1. The second kappa shape index (κ2) is 4.68. The second-order valence-electron chi connectivity index (χ2n) is 4.76. The fourth-order valence-electron chi connectivity index (χ4n) is 2.61. The molecular formula is C14H9F4N4+. The van der Waals surface area contributed by atoms with Crippen LogP contribution in [0.5, 0.6) is 0 Å². The number of hydrogen-bond acceptors (Lipinski definition) is 3. The third kappa shape index (κ3) is 1.90. The molecule has 0 fully saturated rings. The number of para-hydroxylation sites is 1. The van der Waals surface area contributed by atoms with Crippen molar-refractivity contribution in [2.24, 2.45) is 4.99 Å². The lowest BCUT2D eigenvalue weighted by atomic mass is 10.2. The quantitative estimate of drug-likeness (QED) is 0.454. The summed E-state index contributed by atoms with van der Waals surface area (Å²) in [5, 5.41) is 9.12. The van der Waals surface area contributed by atoms with E-state index in [4.69, 9.17) is 5.26 Å². The Hall–Kier alpha value is -2.66. The molecule has 1 aromatic rings. The van der Waals surface area contributed by atoms with Crippen LogP contribution in [0, 0.1) is 17.1 Å². The van der Waals surface area contributed by atoms with Gasteiger partial charge in [0.05, 0.1) is 0 Å². The Kier molecular flexibility index (Phi) is 3.04. The molecule has 0 aliphatic carbocycles. The third-order valence-corrected chi connectivity index (χ3v) is 3.54. The standard InChI is InChI=1S/C14H9F4N4/c15-10-4-1-2-5-12(10)22-7-3-6-20-13(22)11(8-19)21(9-22)14(16,17)18/h1-7H,9H2/q+1. The summed E-state index contributed by atoms with van der Waals surface area (Å²) >= 11 is 0. The highest BCUT2D eigenvalue weighted by Gasteiger charge is 2.56. The lowest BCUT2D eigenvalue weighted by molar-refractivity contribution is -0.231. The monoisotopic (exact) mass is 309 g/mol. The van der Waals surface area contributed by atoms with Crippen molar-refractivity contribution in [3.8, 4) is 6.07 Å². The first-order valence-electron chi connectivity index (χ1n) is 6.24. The summed E-state index contributed by atoms with van der Waals surface area (Å²) in [5.74, 6) is -0.810. The highest BCUT2D eigenvalue weighted by molar-refractivity contribution is 5.77. The van der Waals surface area contributed by atoms with Gasteiger partial charge in [-0.3, -0.25) is 0 Å². The van der Waals surface area contributed by atoms with Crippen LogP contribution in [0.3, 0.4) is 0 Å². The topological polar surface area (TPSA) is 39.4 Å². The van der Waals surface area contributed by atoms with Crippen molar-refractivity contribution in [2.45, 2.75) is 6.30 Å². The highest BCUT2D eigenvalue weighted by Crippen LogP contribution is 2.44. The van der Waals surface area contributed by atoms with Gasteiger partial charge in [-0.05, 0) is 6.07 Å². The van der Waals surface area contributed by atoms with Crippen molar-refractivity contribution in [1.29, 1.82) is 5.26 Å². The molecule has 1 unspecified atom stereocenters. The van der Waals surface area contributed by atoms with Crippen LogP contribution in [0.2, 0.25) is 0 Å². The summed E-state index contributed by atoms with van der Waals surface area (Å²) in [5.41, 5.74) is -0.624. The van der Waals surface area contributed by atoms with Gasteiger partial charge in [-0.1, -0.05) is 12.1 Å². The average molecular weight is 309 g/mol. The van der Waals surface area contributed by atoms with Gasteiger partial charge in [0.25, 0.3) is 5.82 Å². The van der Waals surface area contributed by atoms with Gasteiger partial charge in [0.1, 0.15) is 12.3 Å². The zero-order chi connectivity index (χ0) is 16.0. The molecule has 8 heteroatoms. The molecule has 1 atom stereocenters. The fourth-order valence-corrected chi connectivity index (χ4v) is 2.61. The number of allylic oxidation sites excluding steroid dienone is 2. The number of aliphatic imine (C=N–C) groups is 1. The lowest BCUT2D eigenvalue weighted by Gasteiger charge is -2.31. The number of hydrogen-bond donors (Lipinski definition) is 0. The van der Waals surface area contributed by atoms with E-state index in [0.29, 0.717) is 0 Å². The van der Waals surface area contributed by atoms with E-state index in [1.165, 1.54) is 42.8 Å². The SMILES string of the molecule is N#CC1=C2N=CC=C[N+]2(c2ccccc2F)CN1C(F)(F)F. The molecule has 0 saturated carbocycles. The average Bonchev–Trinajstić information content (AvgIpc) is 2.83. The Bertz CT molecular complexity index is 757. The van der Waals surface area contributed by atoms with Crippen molar-refractivity contribution in [2.75, 3.05) is 6.67 Å². The van der Waals surface area contributed by atoms with E-state index in [0.717, 1.165) is 6.07 Å². The van der Waals surface area contributed by atoms with Crippen molar-refractivity contribution in [3.05, 3.63) is 53.9 Å². The van der Waals surface area contributed by atoms with Gasteiger partial charge >= 0.3 is 6.30 Å². The normalized spacial score (nSPS) is 23.7. The lowest BCUT2D eigenvalue weighted by Crippen LogP contribution is -2.48. The second-order valence-corrected chi connectivity index (χ2v) is 4.76. The zero-order valence-corrected chi connectivity index (χ0v) is 11.0. The number of fused-ring (bicyclic) bond motifs is 1. The van der Waals surface area contributed by atoms with Gasteiger partial charge in [-0.2, -0.15) is 9.74 Å². The van der Waals surface area contributed by atoms with Crippen LogP contribution in [-0.4, -0.2) is 24.1 Å². The van der Waals surface area contributed by atoms with Crippen LogP contribution in [0.25, 0.3) is 0 Å². The first-order chi connectivity index (χ1) is 10.4. The predicted molar refractivity (Wildman–Crippen MR) is 71.2 cm³/mol. The summed E-state index contributed by atoms with van der Waals surface area (Å²) in [6.45, 7) is -0.670. The minimum Gasteiger partial charge on any atom is -0.218 e. The molecule has 4 nitrogen and oxygen atoms in total. The number of alkyl halides is 3. The minimum absolute atomic E-state index is 0.00472. The molecule has 0 amide bonds. The molecule has 0 N–H and O–H groups in total. The Morgan fingerprint density at radius 1 is 1.27 bits per heavy atom. The summed E-state index contributed by atoms with van der Waals surface area (Å²) in [6.07, 6.45) is -0.645. The van der Waals surface area contributed by atoms with Gasteiger partial charge in [0.2, 0.25) is 5.70 Å². The Balaban J connectivity index is 2.26. The molecule has 2 aliphatic rings. The van der Waals surface area contributed by atoms with Crippen molar-refractivity contribution >= 4 is 11.9 Å². The molecule has 2 heterocycles. The number of nitrogens with zero attached hydrogens (tertiary/aromatic N) is 4. The Labute approximate surface area is 123 Å². The minimum atomic E-state index is -4.75. The van der Waals surface area contributed by atoms with Crippen LogP contribution in [-0.2, 0) is 0 Å². The van der Waals surface area contributed by atoms with E-state index in [2.05, 4.69) is 4.99 Å². The molecular weight excluding hydrogens is 300 g/mol. The molecule has 112 valence electrons. The number of halogens is 4. The molecule has 22 heavy (non-hydrogen) atoms. The number of quaternary nitrogens is 1. The first-order valence-corrected chi connectivity index (χ1v) is 6.24. The largest absolute Gasteiger partial charge is 0.490 e. The molecule has 1 aromatic carbocycles. The van der Waals surface area contributed by atoms with E-state index in [1.807, 2.05) is 0 Å².